The Morgan fingerprint density at radius 3 is 2.45 bits per heavy atom. The number of aliphatic imine (C=N–C) groups is 1. The van der Waals surface area contributed by atoms with Crippen LogP contribution in [0.2, 0.25) is 0 Å². The van der Waals surface area contributed by atoms with Crippen LogP contribution in [0.3, 0.4) is 0 Å². The average molecular weight is 610 g/mol. The summed E-state index contributed by atoms with van der Waals surface area (Å²) in [5.41, 5.74) is 7.39. The zero-order chi connectivity index (χ0) is 32.1. The number of amides is 2. The van der Waals surface area contributed by atoms with Gasteiger partial charge in [0.1, 0.15) is 17.2 Å². The number of fused-ring (bicyclic) bond motifs is 4. The number of benzene rings is 1. The number of aliphatic hydroxyl groups is 1. The minimum absolute atomic E-state index is 0.0761. The van der Waals surface area contributed by atoms with Gasteiger partial charge in [0.25, 0.3) is 5.91 Å². The highest BCUT2D eigenvalue weighted by molar-refractivity contribution is 5.94. The Balaban J connectivity index is 1.83. The molecular weight excluding hydrogens is 566 g/mol. The van der Waals surface area contributed by atoms with Crippen LogP contribution in [0.15, 0.2) is 56.5 Å². The molecule has 0 radical (unpaired) electrons. The summed E-state index contributed by atoms with van der Waals surface area (Å²) in [6.07, 6.45) is 4.45. The number of allylic oxidation sites excluding steroid dienone is 2. The molecule has 4 rings (SSSR count). The van der Waals surface area contributed by atoms with Gasteiger partial charge in [-0.3, -0.25) is 4.79 Å². The molecule has 3 aliphatic heterocycles. The standard InChI is InChI=1S/C32H43N5O7/c1-17-13-21-26-22(35-32(36-26)37-11-8-12-37)16-23(28(21)39)34-30(40)18(2)9-7-10-24(42-5)29(44-31(33)41)20(4)15-19(3)27(38)25(14-17)43-6/h7,9-10,15-17,19,24-25,27,29,38-39H,8,11-14H2,1-6H3,(H2,33,41)/b10-7-,18-9+,20-15+,34-23?/t17-,19+,24+,25+,27-,29+/m1/s1. The van der Waals surface area contributed by atoms with E-state index in [0.717, 1.165) is 19.5 Å². The molecule has 4 N–H and O–H groups in total. The van der Waals surface area contributed by atoms with Crippen molar-refractivity contribution in [2.24, 2.45) is 32.5 Å². The number of rotatable bonds is 3. The summed E-state index contributed by atoms with van der Waals surface area (Å²) >= 11 is 0. The lowest BCUT2D eigenvalue weighted by Gasteiger charge is -2.30. The topological polar surface area (TPSA) is 169 Å². The molecule has 1 aromatic rings. The van der Waals surface area contributed by atoms with Crippen LogP contribution in [0.25, 0.3) is 0 Å². The SMILES string of the molecule is CO[C@H]1/C=C\C=C(/C)C(=O)N=c2cc3c(c(c2O)C[C@@H](C)C[C@H](OC)[C@H](O)[C@@H](C)/C=C(\C)[C@@H]1OC(N)=O)=NC(N1CCC1)=N3. The van der Waals surface area contributed by atoms with Crippen LogP contribution in [0.5, 0.6) is 5.75 Å². The van der Waals surface area contributed by atoms with Crippen LogP contribution in [-0.4, -0.2) is 84.8 Å². The summed E-state index contributed by atoms with van der Waals surface area (Å²) in [4.78, 5) is 40.7. The van der Waals surface area contributed by atoms with Gasteiger partial charge in [0, 0.05) is 44.4 Å². The van der Waals surface area contributed by atoms with E-state index in [9.17, 15) is 19.8 Å². The molecule has 1 fully saturated rings. The van der Waals surface area contributed by atoms with Crippen molar-refractivity contribution in [2.75, 3.05) is 27.3 Å². The number of ether oxygens (including phenoxy) is 3. The summed E-state index contributed by atoms with van der Waals surface area (Å²) in [6.45, 7) is 8.95. The number of guanidine groups is 1. The fraction of sp³-hybridized carbons (Fsp3) is 0.531. The molecule has 12 heteroatoms. The van der Waals surface area contributed by atoms with Gasteiger partial charge >= 0.3 is 6.09 Å². The van der Waals surface area contributed by atoms with E-state index in [4.69, 9.17) is 29.9 Å². The number of carbonyl (C=O) groups excluding carboxylic acids is 2. The van der Waals surface area contributed by atoms with Crippen molar-refractivity contribution in [3.05, 3.63) is 57.8 Å². The molecule has 0 unspecified atom stereocenters. The van der Waals surface area contributed by atoms with Crippen molar-refractivity contribution >= 4 is 23.6 Å². The number of phenols is 1. The molecule has 12 nitrogen and oxygen atoms in total. The normalized spacial score (nSPS) is 31.2. The fourth-order valence-corrected chi connectivity index (χ4v) is 5.64. The molecule has 0 saturated carbocycles. The molecule has 0 aromatic heterocycles. The quantitative estimate of drug-likeness (QED) is 0.439. The van der Waals surface area contributed by atoms with Crippen molar-refractivity contribution in [3.8, 4) is 5.75 Å². The van der Waals surface area contributed by atoms with E-state index in [0.29, 0.717) is 46.6 Å². The molecule has 0 spiro atoms. The van der Waals surface area contributed by atoms with Crippen LogP contribution >= 0.6 is 0 Å². The van der Waals surface area contributed by atoms with Crippen LogP contribution in [0.4, 0.5) is 10.5 Å². The number of aliphatic hydroxyl groups excluding tert-OH is 1. The van der Waals surface area contributed by atoms with Gasteiger partial charge in [-0.1, -0.05) is 38.2 Å². The third kappa shape index (κ3) is 7.43. The second-order valence-electron chi connectivity index (χ2n) is 11.7. The summed E-state index contributed by atoms with van der Waals surface area (Å²) in [5, 5.41) is 23.4. The molecule has 1 aromatic carbocycles. The third-order valence-corrected chi connectivity index (χ3v) is 8.31. The first-order valence-corrected chi connectivity index (χ1v) is 14.9. The van der Waals surface area contributed by atoms with Gasteiger partial charge in [-0.2, -0.15) is 0 Å². The van der Waals surface area contributed by atoms with Crippen molar-refractivity contribution < 1.29 is 34.0 Å². The first kappa shape index (κ1) is 33.0. The maximum atomic E-state index is 13.2. The van der Waals surface area contributed by atoms with Gasteiger partial charge in [0.05, 0.1) is 23.3 Å². The van der Waals surface area contributed by atoms with Crippen LogP contribution in [0.1, 0.15) is 46.1 Å². The zero-order valence-corrected chi connectivity index (χ0v) is 26.2. The van der Waals surface area contributed by atoms with Crippen LogP contribution in [-0.2, 0) is 25.4 Å². The number of methoxy groups -OCH3 is 2. The number of nitrogens with two attached hydrogens (primary N) is 1. The smallest absolute Gasteiger partial charge is 0.405 e. The minimum atomic E-state index is -0.976. The number of likely N-dealkylation sites (tertiary alicyclic amines) is 1. The van der Waals surface area contributed by atoms with Crippen LogP contribution in [0, 0.1) is 11.8 Å². The number of nitrogens with zero attached hydrogens (tertiary/aromatic N) is 4. The number of primary amides is 1. The lowest BCUT2D eigenvalue weighted by molar-refractivity contribution is -0.114. The number of hydrogen-bond donors (Lipinski definition) is 3. The predicted octanol–water partition coefficient (Wildman–Crippen LogP) is 2.39. The lowest BCUT2D eigenvalue weighted by atomic mass is 9.88. The monoisotopic (exact) mass is 609 g/mol. The van der Waals surface area contributed by atoms with Gasteiger partial charge in [0.15, 0.2) is 6.10 Å². The van der Waals surface area contributed by atoms with E-state index in [2.05, 4.69) is 9.89 Å². The molecule has 1 saturated heterocycles. The molecule has 2 amide bonds. The van der Waals surface area contributed by atoms with Gasteiger partial charge < -0.3 is 35.1 Å². The largest absolute Gasteiger partial charge is 0.505 e. The maximum Gasteiger partial charge on any atom is 0.405 e. The molecule has 3 aliphatic rings. The Labute approximate surface area is 257 Å². The number of carbonyl (C=O) groups is 2. The van der Waals surface area contributed by atoms with Gasteiger partial charge in [-0.05, 0) is 50.7 Å². The Morgan fingerprint density at radius 1 is 1.11 bits per heavy atom. The molecule has 2 bridgehead atoms. The highest BCUT2D eigenvalue weighted by Gasteiger charge is 2.30. The molecule has 238 valence electrons. The van der Waals surface area contributed by atoms with E-state index < -0.39 is 42.3 Å². The second-order valence-corrected chi connectivity index (χ2v) is 11.7. The predicted molar refractivity (Wildman–Crippen MR) is 164 cm³/mol. The van der Waals surface area contributed by atoms with E-state index in [1.807, 2.05) is 19.9 Å². The van der Waals surface area contributed by atoms with Crippen molar-refractivity contribution in [3.63, 3.8) is 0 Å². The Hall–Kier alpha value is -3.87. The molecule has 0 aliphatic carbocycles. The van der Waals surface area contributed by atoms with Gasteiger partial charge in [-0.25, -0.2) is 19.8 Å². The van der Waals surface area contributed by atoms with Gasteiger partial charge in [-0.15, -0.1) is 0 Å². The van der Waals surface area contributed by atoms with Crippen molar-refractivity contribution in [1.82, 2.24) is 4.90 Å². The third-order valence-electron chi connectivity index (χ3n) is 8.31. The second kappa shape index (κ2) is 14.3. The first-order valence-electron chi connectivity index (χ1n) is 14.9. The summed E-state index contributed by atoms with van der Waals surface area (Å²) in [7, 11) is 3.01. The Morgan fingerprint density at radius 2 is 1.84 bits per heavy atom. The van der Waals surface area contributed by atoms with E-state index in [-0.39, 0.29) is 17.0 Å². The molecule has 6 atom stereocenters. The Kier molecular flexibility index (Phi) is 10.7. The molecular formula is C32H43N5O7. The highest BCUT2D eigenvalue weighted by atomic mass is 16.6. The summed E-state index contributed by atoms with van der Waals surface area (Å²) in [6, 6.07) is 1.59. The molecule has 3 heterocycles. The molecule has 44 heavy (non-hydrogen) atoms. The Bertz CT molecular complexity index is 1510. The number of hydrogen-bond acceptors (Lipinski definition) is 10. The highest BCUT2D eigenvalue weighted by Crippen LogP contribution is 2.27. The van der Waals surface area contributed by atoms with Crippen molar-refractivity contribution in [2.45, 2.75) is 71.4 Å². The number of phenolic OH excluding ortho intramolecular Hbond substituents is 1. The van der Waals surface area contributed by atoms with Crippen molar-refractivity contribution in [1.29, 1.82) is 0 Å². The minimum Gasteiger partial charge on any atom is -0.505 e. The number of aromatic hydroxyl groups is 1. The maximum absolute atomic E-state index is 13.2. The van der Waals surface area contributed by atoms with Gasteiger partial charge in [0.2, 0.25) is 5.96 Å². The summed E-state index contributed by atoms with van der Waals surface area (Å²) < 4.78 is 16.7. The average Bonchev–Trinajstić information content (AvgIpc) is 3.35. The van der Waals surface area contributed by atoms with E-state index in [1.54, 1.807) is 45.3 Å². The van der Waals surface area contributed by atoms with E-state index in [1.165, 1.54) is 7.11 Å². The summed E-state index contributed by atoms with van der Waals surface area (Å²) in [5.74, 6) is -0.549. The van der Waals surface area contributed by atoms with Crippen LogP contribution < -0.4 is 16.4 Å². The fourth-order valence-electron chi connectivity index (χ4n) is 5.64. The lowest BCUT2D eigenvalue weighted by Crippen LogP contribution is -2.41. The zero-order valence-electron chi connectivity index (χ0n) is 26.2. The first-order chi connectivity index (χ1) is 20.9. The van der Waals surface area contributed by atoms with E-state index >= 15 is 0 Å².